The first-order valence-corrected chi connectivity index (χ1v) is 10.7. The zero-order valence-electron chi connectivity index (χ0n) is 16.2. The second-order valence-electron chi connectivity index (χ2n) is 7.70. The van der Waals surface area contributed by atoms with Crippen LogP contribution in [0, 0.1) is 0 Å². The zero-order valence-corrected chi connectivity index (χ0v) is 17.0. The molecule has 0 amide bonds. The van der Waals surface area contributed by atoms with E-state index in [0.717, 1.165) is 69.3 Å². The first kappa shape index (κ1) is 18.1. The molecule has 2 aliphatic heterocycles. The summed E-state index contributed by atoms with van der Waals surface area (Å²) in [4.78, 5) is 7.08. The predicted molar refractivity (Wildman–Crippen MR) is 112 cm³/mol. The summed E-state index contributed by atoms with van der Waals surface area (Å²) in [6.45, 7) is 6.82. The minimum absolute atomic E-state index is 0.528. The third-order valence-corrected chi connectivity index (χ3v) is 6.75. The minimum Gasteiger partial charge on any atom is -0.374 e. The van der Waals surface area contributed by atoms with E-state index in [1.807, 2.05) is 13.2 Å². The lowest BCUT2D eigenvalue weighted by Crippen LogP contribution is -2.49. The molecule has 148 valence electrons. The van der Waals surface area contributed by atoms with Gasteiger partial charge in [-0.05, 0) is 23.7 Å². The highest BCUT2D eigenvalue weighted by Gasteiger charge is 2.28. The van der Waals surface area contributed by atoms with Gasteiger partial charge in [0.05, 0.1) is 10.4 Å². The topological polar surface area (TPSA) is 60.7 Å². The fraction of sp³-hybridized carbons (Fsp3) is 0.500. The van der Waals surface area contributed by atoms with E-state index in [-0.39, 0.29) is 0 Å². The van der Waals surface area contributed by atoms with Crippen molar-refractivity contribution in [1.29, 1.82) is 0 Å². The standard InChI is InChI=1S/C20H26N6OS/c1-23-14-16-17(21-23)6-7-26(20(16)27)13-10-24-8-11-25(12-9-24)19-15-4-2-3-5-18(15)28-22-19/h2-5,14,20,27H,6-13H2,1H3. The average Bonchev–Trinajstić information content (AvgIpc) is 3.31. The Kier molecular flexibility index (Phi) is 4.80. The Morgan fingerprint density at radius 3 is 2.79 bits per heavy atom. The normalized spacial score (nSPS) is 21.4. The molecular weight excluding hydrogens is 372 g/mol. The molecule has 28 heavy (non-hydrogen) atoms. The van der Waals surface area contributed by atoms with Crippen molar-refractivity contribution in [2.75, 3.05) is 50.7 Å². The molecule has 1 aromatic carbocycles. The minimum atomic E-state index is -0.528. The van der Waals surface area contributed by atoms with Crippen LogP contribution in [0.4, 0.5) is 5.82 Å². The highest BCUT2D eigenvalue weighted by molar-refractivity contribution is 7.13. The van der Waals surface area contributed by atoms with Gasteiger partial charge in [0.1, 0.15) is 12.0 Å². The number of aliphatic hydroxyl groups is 1. The number of aromatic nitrogens is 3. The third kappa shape index (κ3) is 3.30. The van der Waals surface area contributed by atoms with Crippen LogP contribution in [-0.4, -0.2) is 74.9 Å². The molecule has 8 heteroatoms. The summed E-state index contributed by atoms with van der Waals surface area (Å²) in [5.74, 6) is 1.14. The molecule has 5 rings (SSSR count). The predicted octanol–water partition coefficient (Wildman–Crippen LogP) is 1.70. The summed E-state index contributed by atoms with van der Waals surface area (Å²) in [7, 11) is 1.92. The Hall–Kier alpha value is -2.00. The highest BCUT2D eigenvalue weighted by Crippen LogP contribution is 2.30. The molecule has 7 nitrogen and oxygen atoms in total. The van der Waals surface area contributed by atoms with Gasteiger partial charge in [0.15, 0.2) is 0 Å². The molecule has 1 fully saturated rings. The Morgan fingerprint density at radius 1 is 1.11 bits per heavy atom. The number of fused-ring (bicyclic) bond motifs is 2. The van der Waals surface area contributed by atoms with Crippen LogP contribution in [0.25, 0.3) is 10.1 Å². The van der Waals surface area contributed by atoms with Crippen molar-refractivity contribution in [2.45, 2.75) is 12.6 Å². The number of benzene rings is 1. The summed E-state index contributed by atoms with van der Waals surface area (Å²) in [5.41, 5.74) is 2.00. The quantitative estimate of drug-likeness (QED) is 0.722. The molecule has 0 saturated carbocycles. The molecule has 2 aliphatic rings. The molecule has 3 aromatic rings. The monoisotopic (exact) mass is 398 g/mol. The van der Waals surface area contributed by atoms with Crippen LogP contribution in [0.5, 0.6) is 0 Å². The summed E-state index contributed by atoms with van der Waals surface area (Å²) in [5, 5.41) is 16.4. The Labute approximate surface area is 168 Å². The third-order valence-electron chi connectivity index (χ3n) is 5.93. The average molecular weight is 399 g/mol. The number of aliphatic hydroxyl groups excluding tert-OH is 1. The van der Waals surface area contributed by atoms with Crippen LogP contribution in [0.2, 0.25) is 0 Å². The van der Waals surface area contributed by atoms with Gasteiger partial charge in [0, 0.05) is 76.4 Å². The number of rotatable bonds is 4. The lowest BCUT2D eigenvalue weighted by Gasteiger charge is -2.37. The molecule has 1 N–H and O–H groups in total. The number of aryl methyl sites for hydroxylation is 1. The van der Waals surface area contributed by atoms with Gasteiger partial charge in [-0.15, -0.1) is 0 Å². The number of nitrogens with zero attached hydrogens (tertiary/aromatic N) is 6. The van der Waals surface area contributed by atoms with Crippen molar-refractivity contribution in [2.24, 2.45) is 7.05 Å². The van der Waals surface area contributed by atoms with Crippen molar-refractivity contribution in [3.8, 4) is 0 Å². The number of hydrogen-bond donors (Lipinski definition) is 1. The van der Waals surface area contributed by atoms with E-state index in [1.165, 1.54) is 10.1 Å². The van der Waals surface area contributed by atoms with E-state index < -0.39 is 6.23 Å². The van der Waals surface area contributed by atoms with Crippen LogP contribution in [0.1, 0.15) is 17.5 Å². The second-order valence-corrected chi connectivity index (χ2v) is 8.50. The van der Waals surface area contributed by atoms with Crippen LogP contribution >= 0.6 is 11.5 Å². The van der Waals surface area contributed by atoms with Crippen molar-refractivity contribution < 1.29 is 5.11 Å². The molecule has 0 radical (unpaired) electrons. The Morgan fingerprint density at radius 2 is 1.93 bits per heavy atom. The van der Waals surface area contributed by atoms with Crippen molar-refractivity contribution in [3.05, 3.63) is 41.7 Å². The summed E-state index contributed by atoms with van der Waals surface area (Å²) < 4.78 is 7.76. The molecule has 0 aliphatic carbocycles. The van der Waals surface area contributed by atoms with Gasteiger partial charge >= 0.3 is 0 Å². The fourth-order valence-electron chi connectivity index (χ4n) is 4.32. The summed E-state index contributed by atoms with van der Waals surface area (Å²) in [6.07, 6.45) is 2.33. The van der Waals surface area contributed by atoms with E-state index in [9.17, 15) is 5.11 Å². The molecular formula is C20H26N6OS. The lowest BCUT2D eigenvalue weighted by atomic mass is 10.1. The lowest BCUT2D eigenvalue weighted by molar-refractivity contribution is -0.0117. The number of anilines is 1. The molecule has 0 spiro atoms. The maximum Gasteiger partial charge on any atom is 0.150 e. The summed E-state index contributed by atoms with van der Waals surface area (Å²) >= 11 is 1.59. The van der Waals surface area contributed by atoms with Crippen LogP contribution in [0.3, 0.4) is 0 Å². The van der Waals surface area contributed by atoms with Gasteiger partial charge in [0.25, 0.3) is 0 Å². The fourth-order valence-corrected chi connectivity index (χ4v) is 5.11. The van der Waals surface area contributed by atoms with E-state index in [1.54, 1.807) is 16.2 Å². The van der Waals surface area contributed by atoms with E-state index in [4.69, 9.17) is 4.37 Å². The van der Waals surface area contributed by atoms with Gasteiger partial charge in [-0.25, -0.2) is 0 Å². The summed E-state index contributed by atoms with van der Waals surface area (Å²) in [6, 6.07) is 8.48. The van der Waals surface area contributed by atoms with Gasteiger partial charge in [-0.2, -0.15) is 9.47 Å². The Balaban J connectivity index is 1.16. The smallest absolute Gasteiger partial charge is 0.150 e. The highest BCUT2D eigenvalue weighted by atomic mass is 32.1. The number of piperazine rings is 1. The molecule has 1 saturated heterocycles. The first-order valence-electron chi connectivity index (χ1n) is 9.95. The second kappa shape index (κ2) is 7.44. The Bertz CT molecular complexity index is 961. The maximum absolute atomic E-state index is 10.7. The number of hydrogen-bond acceptors (Lipinski definition) is 7. The van der Waals surface area contributed by atoms with Crippen molar-refractivity contribution in [1.82, 2.24) is 24.0 Å². The molecule has 2 aromatic heterocycles. The SMILES string of the molecule is Cn1cc2c(n1)CCN(CCN1CCN(c3nsc4ccccc34)CC1)C2O. The van der Waals surface area contributed by atoms with Crippen LogP contribution in [-0.2, 0) is 13.5 Å². The molecule has 1 atom stereocenters. The zero-order chi connectivity index (χ0) is 19.1. The van der Waals surface area contributed by atoms with E-state index in [0.29, 0.717) is 0 Å². The van der Waals surface area contributed by atoms with E-state index >= 15 is 0 Å². The molecule has 4 heterocycles. The van der Waals surface area contributed by atoms with Crippen molar-refractivity contribution >= 4 is 27.4 Å². The van der Waals surface area contributed by atoms with Gasteiger partial charge in [-0.1, -0.05) is 12.1 Å². The first-order chi connectivity index (χ1) is 13.7. The molecule has 1 unspecified atom stereocenters. The van der Waals surface area contributed by atoms with Crippen molar-refractivity contribution in [3.63, 3.8) is 0 Å². The van der Waals surface area contributed by atoms with Crippen LogP contribution in [0.15, 0.2) is 30.5 Å². The van der Waals surface area contributed by atoms with Gasteiger partial charge < -0.3 is 10.0 Å². The largest absolute Gasteiger partial charge is 0.374 e. The van der Waals surface area contributed by atoms with Gasteiger partial charge in [0.2, 0.25) is 0 Å². The van der Waals surface area contributed by atoms with E-state index in [2.05, 4.69) is 44.1 Å². The maximum atomic E-state index is 10.7. The van der Waals surface area contributed by atoms with Gasteiger partial charge in [-0.3, -0.25) is 14.5 Å². The van der Waals surface area contributed by atoms with Crippen LogP contribution < -0.4 is 4.90 Å². The molecule has 0 bridgehead atoms.